The molecule has 0 saturated carbocycles. The standard InChI is InChI=1S/C33H36F3N5O3/c1-22-28-20-26(44-30-7-10-38-32-27(30)6-9-37-32)5-4-24(28)8-11-41(22)31(43)19-23-2-3-25(29(18-23)33(34,35)36)21-40-14-12-39(13-15-40)16-17-42/h2-7,9-10,18,20,22,42H,8,11-17,19,21H2,1H3,(H,37,38)/t22-/m0/s1. The van der Waals surface area contributed by atoms with Gasteiger partial charge in [-0.1, -0.05) is 18.2 Å². The van der Waals surface area contributed by atoms with Gasteiger partial charge in [0.05, 0.1) is 30.0 Å². The third kappa shape index (κ3) is 6.45. The quantitative estimate of drug-likeness (QED) is 0.288. The Kier molecular flexibility index (Phi) is 8.61. The molecule has 0 unspecified atom stereocenters. The van der Waals surface area contributed by atoms with E-state index in [1.54, 1.807) is 29.4 Å². The molecule has 1 atom stereocenters. The van der Waals surface area contributed by atoms with Gasteiger partial charge in [0, 0.05) is 58.2 Å². The van der Waals surface area contributed by atoms with E-state index in [1.165, 1.54) is 6.07 Å². The highest BCUT2D eigenvalue weighted by atomic mass is 19.4. The minimum atomic E-state index is -4.53. The molecule has 0 radical (unpaired) electrons. The van der Waals surface area contributed by atoms with Crippen LogP contribution in [0.2, 0.25) is 0 Å². The van der Waals surface area contributed by atoms with Crippen molar-refractivity contribution >= 4 is 16.9 Å². The molecule has 6 rings (SSSR count). The van der Waals surface area contributed by atoms with E-state index < -0.39 is 11.7 Å². The number of hydrogen-bond acceptors (Lipinski definition) is 6. The van der Waals surface area contributed by atoms with Crippen LogP contribution >= 0.6 is 0 Å². The number of ether oxygens (including phenoxy) is 1. The van der Waals surface area contributed by atoms with Crippen molar-refractivity contribution in [3.63, 3.8) is 0 Å². The molecule has 2 aliphatic heterocycles. The summed E-state index contributed by atoms with van der Waals surface area (Å²) in [5.41, 5.74) is 2.69. The minimum absolute atomic E-state index is 0.0699. The number of carbonyl (C=O) groups is 1. The summed E-state index contributed by atoms with van der Waals surface area (Å²) < 4.78 is 48.7. The van der Waals surface area contributed by atoms with Gasteiger partial charge in [-0.15, -0.1) is 0 Å². The van der Waals surface area contributed by atoms with Crippen LogP contribution in [0.3, 0.4) is 0 Å². The number of aliphatic hydroxyl groups is 1. The summed E-state index contributed by atoms with van der Waals surface area (Å²) in [6.07, 6.45) is -0.505. The fraction of sp³-hybridized carbons (Fsp3) is 0.394. The Morgan fingerprint density at radius 3 is 2.61 bits per heavy atom. The van der Waals surface area contributed by atoms with Gasteiger partial charge in [-0.05, 0) is 65.9 Å². The fourth-order valence-electron chi connectivity index (χ4n) is 6.31. The lowest BCUT2D eigenvalue weighted by atomic mass is 9.92. The third-order valence-electron chi connectivity index (χ3n) is 8.74. The summed E-state index contributed by atoms with van der Waals surface area (Å²) >= 11 is 0. The Bertz CT molecular complexity index is 1630. The van der Waals surface area contributed by atoms with Crippen molar-refractivity contribution in [1.29, 1.82) is 0 Å². The fourth-order valence-corrected chi connectivity index (χ4v) is 6.31. The molecule has 2 N–H and O–H groups in total. The summed E-state index contributed by atoms with van der Waals surface area (Å²) in [5, 5.41) is 10.0. The summed E-state index contributed by atoms with van der Waals surface area (Å²) in [6, 6.07) is 13.6. The number of aromatic nitrogens is 2. The van der Waals surface area contributed by atoms with Gasteiger partial charge in [0.1, 0.15) is 17.1 Å². The number of β-amino-alcohol motifs (C(OH)–C–C–N with tert-alkyl or cyclic N) is 1. The zero-order chi connectivity index (χ0) is 30.8. The molecule has 4 heterocycles. The smallest absolute Gasteiger partial charge is 0.416 e. The second-order valence-electron chi connectivity index (χ2n) is 11.5. The summed E-state index contributed by atoms with van der Waals surface area (Å²) in [4.78, 5) is 26.7. The molecular weight excluding hydrogens is 571 g/mol. The largest absolute Gasteiger partial charge is 0.457 e. The van der Waals surface area contributed by atoms with Gasteiger partial charge < -0.3 is 19.7 Å². The SMILES string of the molecule is C[C@H]1c2cc(Oc3ccnc4[nH]ccc34)ccc2CCN1C(=O)Cc1ccc(CN2CCN(CCO)CC2)c(C(F)(F)F)c1. The maximum absolute atomic E-state index is 14.2. The highest BCUT2D eigenvalue weighted by Crippen LogP contribution is 2.37. The third-order valence-corrected chi connectivity index (χ3v) is 8.74. The molecule has 4 aromatic rings. The van der Waals surface area contributed by atoms with Crippen LogP contribution in [0.5, 0.6) is 11.5 Å². The van der Waals surface area contributed by atoms with Gasteiger partial charge in [-0.25, -0.2) is 4.98 Å². The van der Waals surface area contributed by atoms with Crippen LogP contribution in [0, 0.1) is 0 Å². The van der Waals surface area contributed by atoms with Gasteiger partial charge in [0.2, 0.25) is 5.91 Å². The van der Waals surface area contributed by atoms with Gasteiger partial charge >= 0.3 is 6.18 Å². The van der Waals surface area contributed by atoms with Crippen LogP contribution in [-0.4, -0.2) is 81.6 Å². The number of amides is 1. The lowest BCUT2D eigenvalue weighted by Gasteiger charge is -2.36. The van der Waals surface area contributed by atoms with Gasteiger partial charge in [0.15, 0.2) is 0 Å². The van der Waals surface area contributed by atoms with E-state index in [0.29, 0.717) is 62.8 Å². The maximum atomic E-state index is 14.2. The van der Waals surface area contributed by atoms with Gasteiger partial charge in [-0.2, -0.15) is 13.2 Å². The average Bonchev–Trinajstić information content (AvgIpc) is 3.49. The molecule has 2 aromatic carbocycles. The molecule has 1 saturated heterocycles. The number of pyridine rings is 1. The van der Waals surface area contributed by atoms with Gasteiger partial charge in [0.25, 0.3) is 0 Å². The van der Waals surface area contributed by atoms with E-state index in [2.05, 4.69) is 14.9 Å². The van der Waals surface area contributed by atoms with E-state index in [9.17, 15) is 18.0 Å². The van der Waals surface area contributed by atoms with E-state index in [4.69, 9.17) is 9.84 Å². The van der Waals surface area contributed by atoms with Crippen molar-refractivity contribution in [2.45, 2.75) is 38.5 Å². The van der Waals surface area contributed by atoms with Crippen molar-refractivity contribution in [1.82, 2.24) is 24.7 Å². The molecular formula is C33H36F3N5O3. The molecule has 8 nitrogen and oxygen atoms in total. The normalized spacial score (nSPS) is 18.0. The summed E-state index contributed by atoms with van der Waals surface area (Å²) in [7, 11) is 0. The number of benzene rings is 2. The number of piperazine rings is 1. The number of fused-ring (bicyclic) bond motifs is 2. The number of rotatable bonds is 8. The van der Waals surface area contributed by atoms with Crippen molar-refractivity contribution in [2.75, 3.05) is 45.9 Å². The van der Waals surface area contributed by atoms with Crippen LogP contribution in [0.15, 0.2) is 60.9 Å². The molecule has 0 spiro atoms. The van der Waals surface area contributed by atoms with E-state index in [1.807, 2.05) is 36.1 Å². The van der Waals surface area contributed by atoms with Crippen molar-refractivity contribution in [3.8, 4) is 11.5 Å². The van der Waals surface area contributed by atoms with Crippen LogP contribution in [0.1, 0.15) is 40.8 Å². The van der Waals surface area contributed by atoms with Crippen LogP contribution in [0.4, 0.5) is 13.2 Å². The lowest BCUT2D eigenvalue weighted by Crippen LogP contribution is -2.46. The molecule has 0 aliphatic carbocycles. The van der Waals surface area contributed by atoms with E-state index >= 15 is 0 Å². The molecule has 232 valence electrons. The minimum Gasteiger partial charge on any atom is -0.457 e. The zero-order valence-electron chi connectivity index (χ0n) is 24.6. The molecule has 0 bridgehead atoms. The first-order chi connectivity index (χ1) is 21.2. The molecule has 1 fully saturated rings. The predicted molar refractivity (Wildman–Crippen MR) is 160 cm³/mol. The number of nitrogens with one attached hydrogen (secondary N) is 1. The maximum Gasteiger partial charge on any atom is 0.416 e. The number of carbonyl (C=O) groups excluding carboxylic acids is 1. The lowest BCUT2D eigenvalue weighted by molar-refractivity contribution is -0.139. The highest BCUT2D eigenvalue weighted by Gasteiger charge is 2.35. The number of H-pyrrole nitrogens is 1. The first-order valence-electron chi connectivity index (χ1n) is 15.0. The van der Waals surface area contributed by atoms with Crippen LogP contribution < -0.4 is 4.74 Å². The second-order valence-corrected chi connectivity index (χ2v) is 11.5. The number of aliphatic hydroxyl groups excluding tert-OH is 1. The van der Waals surface area contributed by atoms with Gasteiger partial charge in [-0.3, -0.25) is 14.6 Å². The highest BCUT2D eigenvalue weighted by molar-refractivity contribution is 5.82. The first kappa shape index (κ1) is 30.1. The Morgan fingerprint density at radius 1 is 1.05 bits per heavy atom. The topological polar surface area (TPSA) is 84.9 Å². The zero-order valence-corrected chi connectivity index (χ0v) is 24.6. The predicted octanol–water partition coefficient (Wildman–Crippen LogP) is 5.17. The Hall–Kier alpha value is -3.93. The van der Waals surface area contributed by atoms with E-state index in [-0.39, 0.29) is 37.1 Å². The molecule has 2 aliphatic rings. The number of nitrogens with zero attached hydrogens (tertiary/aromatic N) is 4. The molecule has 1 amide bonds. The van der Waals surface area contributed by atoms with Crippen LogP contribution in [-0.2, 0) is 30.4 Å². The Labute approximate surface area is 254 Å². The number of halogens is 3. The molecule has 44 heavy (non-hydrogen) atoms. The molecule has 2 aromatic heterocycles. The Morgan fingerprint density at radius 2 is 1.84 bits per heavy atom. The van der Waals surface area contributed by atoms with Crippen molar-refractivity contribution in [2.24, 2.45) is 0 Å². The van der Waals surface area contributed by atoms with Crippen molar-refractivity contribution < 1.29 is 27.8 Å². The van der Waals surface area contributed by atoms with E-state index in [0.717, 1.165) is 28.2 Å². The summed E-state index contributed by atoms with van der Waals surface area (Å²) in [6.45, 7) is 5.96. The second kappa shape index (κ2) is 12.6. The number of hydrogen-bond donors (Lipinski definition) is 2. The van der Waals surface area contributed by atoms with Crippen molar-refractivity contribution in [3.05, 3.63) is 88.7 Å². The number of alkyl halides is 3. The molecule has 11 heteroatoms. The van der Waals surface area contributed by atoms with Crippen LogP contribution in [0.25, 0.3) is 11.0 Å². The number of aromatic amines is 1. The monoisotopic (exact) mass is 607 g/mol. The summed E-state index contributed by atoms with van der Waals surface area (Å²) in [5.74, 6) is 1.10. The Balaban J connectivity index is 1.15. The average molecular weight is 608 g/mol. The first-order valence-corrected chi connectivity index (χ1v) is 15.0.